The van der Waals surface area contributed by atoms with E-state index < -0.39 is 0 Å². The predicted molar refractivity (Wildman–Crippen MR) is 90.1 cm³/mol. The van der Waals surface area contributed by atoms with E-state index in [0.717, 1.165) is 0 Å². The summed E-state index contributed by atoms with van der Waals surface area (Å²) in [6, 6.07) is 11.9. The second-order valence-corrected chi connectivity index (χ2v) is 6.35. The first-order chi connectivity index (χ1) is 12.1. The molecule has 1 amide bonds. The molecular formula is C18H19N5O2. The van der Waals surface area contributed by atoms with Gasteiger partial charge in [0.05, 0.1) is 5.92 Å². The highest BCUT2D eigenvalue weighted by Gasteiger charge is 2.40. The van der Waals surface area contributed by atoms with Crippen LogP contribution < -0.4 is 0 Å². The van der Waals surface area contributed by atoms with Crippen molar-refractivity contribution in [1.82, 2.24) is 24.8 Å². The normalized spacial score (nSPS) is 20.2. The third-order valence-corrected chi connectivity index (χ3v) is 4.74. The summed E-state index contributed by atoms with van der Waals surface area (Å²) in [5, 5.41) is 8.01. The maximum atomic E-state index is 12.9. The topological polar surface area (TPSA) is 77.0 Å². The van der Waals surface area contributed by atoms with E-state index in [1.54, 1.807) is 30.9 Å². The molecule has 0 unspecified atom stereocenters. The molecule has 128 valence electrons. The highest BCUT2D eigenvalue weighted by molar-refractivity contribution is 5.92. The molecule has 1 fully saturated rings. The Balaban J connectivity index is 1.67. The minimum absolute atomic E-state index is 0.0132. The van der Waals surface area contributed by atoms with E-state index in [-0.39, 0.29) is 17.7 Å². The number of benzene rings is 1. The molecule has 0 bridgehead atoms. The van der Waals surface area contributed by atoms with Gasteiger partial charge in [-0.2, -0.15) is 10.1 Å². The number of carbonyl (C=O) groups excluding carboxylic acids is 1. The molecule has 3 aromatic rings. The molecule has 7 heteroatoms. The van der Waals surface area contributed by atoms with Crippen molar-refractivity contribution in [3.8, 4) is 0 Å². The lowest BCUT2D eigenvalue weighted by Gasteiger charge is -2.16. The third kappa shape index (κ3) is 2.82. The van der Waals surface area contributed by atoms with E-state index >= 15 is 0 Å². The Morgan fingerprint density at radius 1 is 1.16 bits per heavy atom. The highest BCUT2D eigenvalue weighted by Crippen LogP contribution is 2.39. The maximum absolute atomic E-state index is 12.9. The average molecular weight is 337 g/mol. The number of amides is 1. The van der Waals surface area contributed by atoms with Crippen LogP contribution in [0.4, 0.5) is 0 Å². The van der Waals surface area contributed by atoms with Gasteiger partial charge in [-0.3, -0.25) is 9.48 Å². The van der Waals surface area contributed by atoms with Gasteiger partial charge in [-0.15, -0.1) is 0 Å². The SMILES string of the molecule is Cc1noc([C@H]2CN(C(=O)c3ccnn3C)C[C@@H]2c2ccccc2)n1. The van der Waals surface area contributed by atoms with E-state index in [1.807, 2.05) is 23.1 Å². The molecule has 1 aliphatic rings. The van der Waals surface area contributed by atoms with Crippen LogP contribution in [-0.4, -0.2) is 43.8 Å². The second-order valence-electron chi connectivity index (χ2n) is 6.35. The van der Waals surface area contributed by atoms with Crippen molar-refractivity contribution in [3.05, 3.63) is 65.6 Å². The molecule has 0 saturated carbocycles. The summed E-state index contributed by atoms with van der Waals surface area (Å²) in [5.74, 6) is 1.28. The zero-order valence-corrected chi connectivity index (χ0v) is 14.2. The van der Waals surface area contributed by atoms with Crippen molar-refractivity contribution in [2.45, 2.75) is 18.8 Å². The first kappa shape index (κ1) is 15.6. The zero-order chi connectivity index (χ0) is 17.4. The van der Waals surface area contributed by atoms with Gasteiger partial charge in [0.15, 0.2) is 5.82 Å². The summed E-state index contributed by atoms with van der Waals surface area (Å²) in [5.41, 5.74) is 1.75. The number of aryl methyl sites for hydroxylation is 2. The Morgan fingerprint density at radius 3 is 2.56 bits per heavy atom. The van der Waals surface area contributed by atoms with Crippen LogP contribution in [0, 0.1) is 6.92 Å². The number of rotatable bonds is 3. The summed E-state index contributed by atoms with van der Waals surface area (Å²) in [6.45, 7) is 2.96. The van der Waals surface area contributed by atoms with Crippen molar-refractivity contribution in [2.75, 3.05) is 13.1 Å². The van der Waals surface area contributed by atoms with Crippen LogP contribution in [0.15, 0.2) is 47.1 Å². The first-order valence-corrected chi connectivity index (χ1v) is 8.26. The molecule has 0 spiro atoms. The molecule has 7 nitrogen and oxygen atoms in total. The summed E-state index contributed by atoms with van der Waals surface area (Å²) >= 11 is 0. The quantitative estimate of drug-likeness (QED) is 0.732. The molecule has 1 aliphatic heterocycles. The molecule has 0 radical (unpaired) electrons. The van der Waals surface area contributed by atoms with Crippen LogP contribution in [0.1, 0.15) is 39.6 Å². The van der Waals surface area contributed by atoms with Crippen LogP contribution in [0.2, 0.25) is 0 Å². The molecule has 1 saturated heterocycles. The number of aromatic nitrogens is 4. The van der Waals surface area contributed by atoms with E-state index in [0.29, 0.717) is 30.5 Å². The Labute approximate surface area is 145 Å². The van der Waals surface area contributed by atoms with Gasteiger partial charge in [0.1, 0.15) is 5.69 Å². The number of nitrogens with zero attached hydrogens (tertiary/aromatic N) is 5. The summed E-state index contributed by atoms with van der Waals surface area (Å²) < 4.78 is 7.03. The van der Waals surface area contributed by atoms with Crippen molar-refractivity contribution in [2.24, 2.45) is 7.05 Å². The van der Waals surface area contributed by atoms with Gasteiger partial charge in [-0.25, -0.2) is 0 Å². The number of hydrogen-bond donors (Lipinski definition) is 0. The van der Waals surface area contributed by atoms with E-state index in [1.165, 1.54) is 5.56 Å². The summed E-state index contributed by atoms with van der Waals surface area (Å²) in [4.78, 5) is 19.1. The maximum Gasteiger partial charge on any atom is 0.272 e. The molecule has 0 aliphatic carbocycles. The van der Waals surface area contributed by atoms with Gasteiger partial charge in [0.25, 0.3) is 5.91 Å². The van der Waals surface area contributed by atoms with Crippen LogP contribution in [0.25, 0.3) is 0 Å². The Kier molecular flexibility index (Phi) is 3.83. The lowest BCUT2D eigenvalue weighted by atomic mass is 9.89. The molecule has 25 heavy (non-hydrogen) atoms. The fourth-order valence-corrected chi connectivity index (χ4v) is 3.47. The van der Waals surface area contributed by atoms with E-state index in [2.05, 4.69) is 27.4 Å². The average Bonchev–Trinajstić information content (AvgIpc) is 3.34. The lowest BCUT2D eigenvalue weighted by Crippen LogP contribution is -2.30. The van der Waals surface area contributed by atoms with Crippen LogP contribution in [-0.2, 0) is 7.05 Å². The minimum atomic E-state index is -0.0281. The fourth-order valence-electron chi connectivity index (χ4n) is 3.47. The van der Waals surface area contributed by atoms with Gasteiger partial charge in [-0.1, -0.05) is 35.5 Å². The summed E-state index contributed by atoms with van der Waals surface area (Å²) in [6.07, 6.45) is 1.64. The number of hydrogen-bond acceptors (Lipinski definition) is 5. The highest BCUT2D eigenvalue weighted by atomic mass is 16.5. The van der Waals surface area contributed by atoms with Gasteiger partial charge >= 0.3 is 0 Å². The zero-order valence-electron chi connectivity index (χ0n) is 14.2. The first-order valence-electron chi connectivity index (χ1n) is 8.26. The fraction of sp³-hybridized carbons (Fsp3) is 0.333. The molecule has 2 aromatic heterocycles. The molecular weight excluding hydrogens is 318 g/mol. The van der Waals surface area contributed by atoms with E-state index in [4.69, 9.17) is 4.52 Å². The molecule has 3 heterocycles. The van der Waals surface area contributed by atoms with Crippen LogP contribution in [0.5, 0.6) is 0 Å². The smallest absolute Gasteiger partial charge is 0.272 e. The van der Waals surface area contributed by atoms with Gasteiger partial charge < -0.3 is 9.42 Å². The van der Waals surface area contributed by atoms with Crippen molar-refractivity contribution >= 4 is 5.91 Å². The van der Waals surface area contributed by atoms with Gasteiger partial charge in [0, 0.05) is 32.3 Å². The molecule has 1 aromatic carbocycles. The third-order valence-electron chi connectivity index (χ3n) is 4.74. The van der Waals surface area contributed by atoms with E-state index in [9.17, 15) is 4.79 Å². The second kappa shape index (κ2) is 6.16. The number of likely N-dealkylation sites (tertiary alicyclic amines) is 1. The van der Waals surface area contributed by atoms with Crippen molar-refractivity contribution in [1.29, 1.82) is 0 Å². The van der Waals surface area contributed by atoms with Crippen molar-refractivity contribution in [3.63, 3.8) is 0 Å². The Bertz CT molecular complexity index is 886. The number of carbonyl (C=O) groups is 1. The lowest BCUT2D eigenvalue weighted by molar-refractivity contribution is 0.0777. The molecule has 4 rings (SSSR count). The Hall–Kier alpha value is -2.96. The largest absolute Gasteiger partial charge is 0.339 e. The standard InChI is InChI=1S/C18H19N5O2/c1-12-20-17(25-21-12)15-11-23(18(24)16-8-9-19-22(16)2)10-14(15)13-6-4-3-5-7-13/h3-9,14-15H,10-11H2,1-2H3/t14-,15+/m1/s1. The Morgan fingerprint density at radius 2 is 1.92 bits per heavy atom. The predicted octanol–water partition coefficient (Wildman–Crippen LogP) is 2.13. The summed E-state index contributed by atoms with van der Waals surface area (Å²) in [7, 11) is 1.77. The monoisotopic (exact) mass is 337 g/mol. The minimum Gasteiger partial charge on any atom is -0.339 e. The van der Waals surface area contributed by atoms with Gasteiger partial charge in [-0.05, 0) is 18.6 Å². The molecule has 0 N–H and O–H groups in total. The van der Waals surface area contributed by atoms with Gasteiger partial charge in [0.2, 0.25) is 5.89 Å². The van der Waals surface area contributed by atoms with Crippen LogP contribution in [0.3, 0.4) is 0 Å². The van der Waals surface area contributed by atoms with Crippen LogP contribution >= 0.6 is 0 Å². The molecule has 2 atom stereocenters. The van der Waals surface area contributed by atoms with Crippen molar-refractivity contribution < 1.29 is 9.32 Å².